The molecule has 2 heterocycles. The summed E-state index contributed by atoms with van der Waals surface area (Å²) in [5, 5.41) is 5.00. The second-order valence-corrected chi connectivity index (χ2v) is 4.08. The number of fused-ring (bicyclic) bond motifs is 1. The fourth-order valence-electron chi connectivity index (χ4n) is 1.98. The van der Waals surface area contributed by atoms with Gasteiger partial charge in [0.1, 0.15) is 5.69 Å². The van der Waals surface area contributed by atoms with Crippen molar-refractivity contribution in [3.8, 4) is 0 Å². The molecule has 2 aromatic heterocycles. The largest absolute Gasteiger partial charge is 0.287 e. The van der Waals surface area contributed by atoms with Gasteiger partial charge >= 0.3 is 0 Å². The van der Waals surface area contributed by atoms with Gasteiger partial charge in [0.05, 0.1) is 5.52 Å². The van der Waals surface area contributed by atoms with Crippen LogP contribution in [0.15, 0.2) is 48.8 Å². The molecule has 0 aliphatic rings. The maximum atomic E-state index is 12.4. The van der Waals surface area contributed by atoms with E-state index in [-0.39, 0.29) is 5.78 Å². The van der Waals surface area contributed by atoms with Gasteiger partial charge in [-0.15, -0.1) is 0 Å². The molecule has 3 aromatic rings. The Morgan fingerprint density at radius 1 is 1.17 bits per heavy atom. The van der Waals surface area contributed by atoms with Crippen molar-refractivity contribution in [2.24, 2.45) is 7.05 Å². The zero-order chi connectivity index (χ0) is 12.5. The van der Waals surface area contributed by atoms with E-state index in [0.29, 0.717) is 11.3 Å². The molecule has 0 fully saturated rings. The third-order valence-electron chi connectivity index (χ3n) is 2.84. The minimum absolute atomic E-state index is 0.0748. The van der Waals surface area contributed by atoms with Crippen molar-refractivity contribution in [1.29, 1.82) is 0 Å². The molecule has 0 aliphatic heterocycles. The molecule has 4 heteroatoms. The van der Waals surface area contributed by atoms with Gasteiger partial charge in [-0.2, -0.15) is 5.10 Å². The lowest BCUT2D eigenvalue weighted by molar-refractivity contribution is 0.103. The number of hydrogen-bond donors (Lipinski definition) is 0. The summed E-state index contributed by atoms with van der Waals surface area (Å²) in [6.07, 6.45) is 3.48. The third kappa shape index (κ3) is 1.68. The average molecular weight is 237 g/mol. The highest BCUT2D eigenvalue weighted by atomic mass is 16.1. The molecule has 1 aromatic carbocycles. The maximum Gasteiger partial charge on any atom is 0.213 e. The molecule has 0 saturated carbocycles. The van der Waals surface area contributed by atoms with Crippen LogP contribution in [0.25, 0.3) is 10.9 Å². The highest BCUT2D eigenvalue weighted by Gasteiger charge is 2.14. The molecule has 0 spiro atoms. The molecular formula is C14H11N3O. The first kappa shape index (κ1) is 10.7. The normalized spacial score (nSPS) is 10.7. The average Bonchev–Trinajstić information content (AvgIpc) is 2.84. The Balaban J connectivity index is 2.17. The molecule has 0 aliphatic carbocycles. The van der Waals surface area contributed by atoms with Crippen LogP contribution >= 0.6 is 0 Å². The summed E-state index contributed by atoms with van der Waals surface area (Å²) in [4.78, 5) is 16.6. The van der Waals surface area contributed by atoms with Crippen molar-refractivity contribution in [3.63, 3.8) is 0 Å². The van der Waals surface area contributed by atoms with Crippen LogP contribution < -0.4 is 0 Å². The Labute approximate surface area is 104 Å². The number of aromatic nitrogens is 3. The molecule has 0 N–H and O–H groups in total. The topological polar surface area (TPSA) is 47.8 Å². The number of nitrogens with zero attached hydrogens (tertiary/aromatic N) is 3. The van der Waals surface area contributed by atoms with E-state index in [9.17, 15) is 4.79 Å². The predicted octanol–water partition coefficient (Wildman–Crippen LogP) is 2.20. The number of carbonyl (C=O) groups is 1. The van der Waals surface area contributed by atoms with Crippen LogP contribution in [0.1, 0.15) is 16.1 Å². The molecule has 3 rings (SSSR count). The number of aryl methyl sites for hydroxylation is 1. The summed E-state index contributed by atoms with van der Waals surface area (Å²) in [5.74, 6) is -0.0748. The lowest BCUT2D eigenvalue weighted by Gasteiger charge is -2.02. The first-order valence-corrected chi connectivity index (χ1v) is 5.64. The minimum Gasteiger partial charge on any atom is -0.287 e. The standard InChI is InChI=1S/C14H11N3O/c1-17-9-7-13(16-17)14(18)11-4-2-6-12-10(11)5-3-8-15-12/h2-9H,1H3. The van der Waals surface area contributed by atoms with Crippen LogP contribution in [-0.2, 0) is 7.05 Å². The first-order valence-electron chi connectivity index (χ1n) is 5.64. The van der Waals surface area contributed by atoms with Gasteiger partial charge in [0.2, 0.25) is 5.78 Å². The quantitative estimate of drug-likeness (QED) is 0.642. The highest BCUT2D eigenvalue weighted by Crippen LogP contribution is 2.19. The van der Waals surface area contributed by atoms with E-state index in [1.165, 1.54) is 0 Å². The van der Waals surface area contributed by atoms with Crippen molar-refractivity contribution in [2.75, 3.05) is 0 Å². The molecule has 0 bridgehead atoms. The van der Waals surface area contributed by atoms with E-state index < -0.39 is 0 Å². The number of pyridine rings is 1. The second-order valence-electron chi connectivity index (χ2n) is 4.08. The Morgan fingerprint density at radius 3 is 2.83 bits per heavy atom. The van der Waals surface area contributed by atoms with Gasteiger partial charge in [-0.05, 0) is 18.2 Å². The first-order chi connectivity index (χ1) is 8.75. The van der Waals surface area contributed by atoms with E-state index in [4.69, 9.17) is 0 Å². The van der Waals surface area contributed by atoms with Gasteiger partial charge in [0.25, 0.3) is 0 Å². The van der Waals surface area contributed by atoms with Crippen molar-refractivity contribution >= 4 is 16.7 Å². The number of hydrogen-bond acceptors (Lipinski definition) is 3. The number of carbonyl (C=O) groups excluding carboxylic acids is 1. The summed E-state index contributed by atoms with van der Waals surface area (Å²) in [6.45, 7) is 0. The van der Waals surface area contributed by atoms with E-state index >= 15 is 0 Å². The van der Waals surface area contributed by atoms with E-state index in [1.807, 2.05) is 24.3 Å². The van der Waals surface area contributed by atoms with Crippen LogP contribution in [0.3, 0.4) is 0 Å². The second kappa shape index (κ2) is 4.07. The van der Waals surface area contributed by atoms with E-state index in [2.05, 4.69) is 10.1 Å². The van der Waals surface area contributed by atoms with Crippen LogP contribution in [0.5, 0.6) is 0 Å². The SMILES string of the molecule is Cn1ccc(C(=O)c2cccc3ncccc23)n1. The Morgan fingerprint density at radius 2 is 2.06 bits per heavy atom. The number of ketones is 1. The van der Waals surface area contributed by atoms with Crippen molar-refractivity contribution in [3.05, 3.63) is 60.0 Å². The van der Waals surface area contributed by atoms with Gasteiger partial charge in [-0.25, -0.2) is 0 Å². The molecular weight excluding hydrogens is 226 g/mol. The van der Waals surface area contributed by atoms with Crippen molar-refractivity contribution < 1.29 is 4.79 Å². The highest BCUT2D eigenvalue weighted by molar-refractivity contribution is 6.14. The molecule has 0 saturated heterocycles. The zero-order valence-electron chi connectivity index (χ0n) is 9.87. The summed E-state index contributed by atoms with van der Waals surface area (Å²) >= 11 is 0. The number of rotatable bonds is 2. The van der Waals surface area contributed by atoms with Gasteiger partial charge in [-0.1, -0.05) is 18.2 Å². The molecule has 18 heavy (non-hydrogen) atoms. The molecule has 0 radical (unpaired) electrons. The summed E-state index contributed by atoms with van der Waals surface area (Å²) in [7, 11) is 1.79. The monoisotopic (exact) mass is 237 g/mol. The van der Waals surface area contributed by atoms with Gasteiger partial charge in [0.15, 0.2) is 0 Å². The van der Waals surface area contributed by atoms with Gasteiger partial charge in [-0.3, -0.25) is 14.5 Å². The van der Waals surface area contributed by atoms with Gasteiger partial charge in [0, 0.05) is 30.4 Å². The summed E-state index contributed by atoms with van der Waals surface area (Å²) in [6, 6.07) is 11.0. The minimum atomic E-state index is -0.0748. The summed E-state index contributed by atoms with van der Waals surface area (Å²) < 4.78 is 1.62. The van der Waals surface area contributed by atoms with E-state index in [1.54, 1.807) is 36.3 Å². The Hall–Kier alpha value is -2.49. The van der Waals surface area contributed by atoms with Crippen LogP contribution in [0.4, 0.5) is 0 Å². The fourth-order valence-corrected chi connectivity index (χ4v) is 1.98. The predicted molar refractivity (Wildman–Crippen MR) is 68.4 cm³/mol. The lowest BCUT2D eigenvalue weighted by Crippen LogP contribution is -2.04. The maximum absolute atomic E-state index is 12.4. The molecule has 0 unspecified atom stereocenters. The van der Waals surface area contributed by atoms with Gasteiger partial charge < -0.3 is 0 Å². The number of benzene rings is 1. The smallest absolute Gasteiger partial charge is 0.213 e. The van der Waals surface area contributed by atoms with E-state index in [0.717, 1.165) is 10.9 Å². The molecule has 0 amide bonds. The molecule has 88 valence electrons. The van der Waals surface area contributed by atoms with Crippen LogP contribution in [0.2, 0.25) is 0 Å². The Kier molecular flexibility index (Phi) is 2.41. The zero-order valence-corrected chi connectivity index (χ0v) is 9.87. The van der Waals surface area contributed by atoms with Crippen molar-refractivity contribution in [2.45, 2.75) is 0 Å². The lowest BCUT2D eigenvalue weighted by atomic mass is 10.0. The fraction of sp³-hybridized carbons (Fsp3) is 0.0714. The Bertz CT molecular complexity index is 725. The van der Waals surface area contributed by atoms with Crippen LogP contribution in [0, 0.1) is 0 Å². The third-order valence-corrected chi connectivity index (χ3v) is 2.84. The van der Waals surface area contributed by atoms with Crippen LogP contribution in [-0.4, -0.2) is 20.5 Å². The summed E-state index contributed by atoms with van der Waals surface area (Å²) in [5.41, 5.74) is 1.91. The molecule has 4 nitrogen and oxygen atoms in total. The molecule has 0 atom stereocenters. The van der Waals surface area contributed by atoms with Crippen molar-refractivity contribution in [1.82, 2.24) is 14.8 Å².